The van der Waals surface area contributed by atoms with Crippen LogP contribution in [0, 0.1) is 0 Å². The molecule has 2 heterocycles. The summed E-state index contributed by atoms with van der Waals surface area (Å²) < 4.78 is 0. The summed E-state index contributed by atoms with van der Waals surface area (Å²) in [6.45, 7) is 5.22. The number of likely N-dealkylation sites (tertiary alicyclic amines) is 1. The molecule has 0 radical (unpaired) electrons. The fraction of sp³-hybridized carbons (Fsp3) is 0.583. The van der Waals surface area contributed by atoms with Crippen LogP contribution in [0.5, 0.6) is 0 Å². The van der Waals surface area contributed by atoms with E-state index in [0.717, 1.165) is 13.1 Å². The Balaban J connectivity index is 2.28. The molecule has 0 spiro atoms. The molecule has 15 heavy (non-hydrogen) atoms. The molecule has 82 valence electrons. The molecule has 1 saturated heterocycles. The van der Waals surface area contributed by atoms with Crippen LogP contribution >= 0.6 is 0 Å². The average molecular weight is 205 g/mol. The van der Waals surface area contributed by atoms with Gasteiger partial charge in [-0.2, -0.15) is 0 Å². The van der Waals surface area contributed by atoms with Crippen LogP contribution in [-0.2, 0) is 5.54 Å². The number of nitrogens with zero attached hydrogens (tertiary/aromatic N) is 2. The van der Waals surface area contributed by atoms with E-state index in [1.54, 1.807) is 0 Å². The molecular formula is C12H19N3. The third kappa shape index (κ3) is 1.90. The SMILES string of the molecule is CC(CN)(c1ccncc1)N1CCCC1. The molecule has 2 N–H and O–H groups in total. The summed E-state index contributed by atoms with van der Waals surface area (Å²) in [5.41, 5.74) is 7.22. The standard InChI is InChI=1S/C12H19N3/c1-12(10-13,15-8-2-3-9-15)11-4-6-14-7-5-11/h4-7H,2-3,8-10,13H2,1H3. The lowest BCUT2D eigenvalue weighted by atomic mass is 9.91. The van der Waals surface area contributed by atoms with Gasteiger partial charge in [0.15, 0.2) is 0 Å². The molecule has 1 aliphatic rings. The van der Waals surface area contributed by atoms with Crippen molar-refractivity contribution in [3.8, 4) is 0 Å². The third-order valence-electron chi connectivity index (χ3n) is 3.50. The monoisotopic (exact) mass is 205 g/mol. The molecule has 3 heteroatoms. The smallest absolute Gasteiger partial charge is 0.0556 e. The molecule has 0 aliphatic carbocycles. The lowest BCUT2D eigenvalue weighted by Crippen LogP contribution is -2.47. The first-order valence-corrected chi connectivity index (χ1v) is 5.63. The molecule has 1 atom stereocenters. The highest BCUT2D eigenvalue weighted by Gasteiger charge is 2.33. The van der Waals surface area contributed by atoms with Gasteiger partial charge >= 0.3 is 0 Å². The van der Waals surface area contributed by atoms with Crippen LogP contribution in [-0.4, -0.2) is 29.5 Å². The van der Waals surface area contributed by atoms with Crippen LogP contribution < -0.4 is 5.73 Å². The number of nitrogens with two attached hydrogens (primary N) is 1. The van der Waals surface area contributed by atoms with E-state index in [2.05, 4.69) is 28.9 Å². The fourth-order valence-electron chi connectivity index (χ4n) is 2.35. The molecule has 1 aromatic rings. The highest BCUT2D eigenvalue weighted by Crippen LogP contribution is 2.29. The van der Waals surface area contributed by atoms with Gasteiger partial charge in [-0.3, -0.25) is 9.88 Å². The molecule has 3 nitrogen and oxygen atoms in total. The second kappa shape index (κ2) is 4.29. The summed E-state index contributed by atoms with van der Waals surface area (Å²) >= 11 is 0. The molecule has 0 bridgehead atoms. The third-order valence-corrected chi connectivity index (χ3v) is 3.50. The summed E-state index contributed by atoms with van der Waals surface area (Å²) in [5.74, 6) is 0. The van der Waals surface area contributed by atoms with Crippen LogP contribution in [0.3, 0.4) is 0 Å². The van der Waals surface area contributed by atoms with Gasteiger partial charge in [0, 0.05) is 18.9 Å². The maximum Gasteiger partial charge on any atom is 0.0556 e. The van der Waals surface area contributed by atoms with Gasteiger partial charge < -0.3 is 5.73 Å². The Morgan fingerprint density at radius 1 is 1.33 bits per heavy atom. The van der Waals surface area contributed by atoms with Gasteiger partial charge in [0.2, 0.25) is 0 Å². The minimum absolute atomic E-state index is 0.0144. The largest absolute Gasteiger partial charge is 0.328 e. The summed E-state index contributed by atoms with van der Waals surface area (Å²) in [6.07, 6.45) is 6.28. The maximum absolute atomic E-state index is 5.96. The van der Waals surface area contributed by atoms with E-state index in [-0.39, 0.29) is 5.54 Å². The van der Waals surface area contributed by atoms with Crippen molar-refractivity contribution in [2.45, 2.75) is 25.3 Å². The number of hydrogen-bond donors (Lipinski definition) is 1. The first kappa shape index (κ1) is 10.6. The fourth-order valence-corrected chi connectivity index (χ4v) is 2.35. The van der Waals surface area contributed by atoms with Crippen molar-refractivity contribution in [3.63, 3.8) is 0 Å². The van der Waals surface area contributed by atoms with Crippen LogP contribution in [0.1, 0.15) is 25.3 Å². The van der Waals surface area contributed by atoms with E-state index in [4.69, 9.17) is 5.73 Å². The molecular weight excluding hydrogens is 186 g/mol. The van der Waals surface area contributed by atoms with Gasteiger partial charge in [-0.1, -0.05) is 0 Å². The Labute approximate surface area is 91.3 Å². The van der Waals surface area contributed by atoms with E-state index >= 15 is 0 Å². The molecule has 0 aromatic carbocycles. The predicted octanol–water partition coefficient (Wildman–Crippen LogP) is 1.35. The number of aromatic nitrogens is 1. The van der Waals surface area contributed by atoms with Crippen LogP contribution in [0.2, 0.25) is 0 Å². The summed E-state index contributed by atoms with van der Waals surface area (Å²) in [6, 6.07) is 4.15. The van der Waals surface area contributed by atoms with Crippen molar-refractivity contribution in [3.05, 3.63) is 30.1 Å². The summed E-state index contributed by atoms with van der Waals surface area (Å²) in [7, 11) is 0. The Morgan fingerprint density at radius 3 is 2.47 bits per heavy atom. The Hall–Kier alpha value is -0.930. The zero-order valence-electron chi connectivity index (χ0n) is 9.32. The lowest BCUT2D eigenvalue weighted by molar-refractivity contribution is 0.143. The molecule has 2 rings (SSSR count). The summed E-state index contributed by atoms with van der Waals surface area (Å²) in [4.78, 5) is 6.55. The van der Waals surface area contributed by atoms with Gasteiger partial charge in [-0.25, -0.2) is 0 Å². The number of rotatable bonds is 3. The van der Waals surface area contributed by atoms with E-state index < -0.39 is 0 Å². The van der Waals surface area contributed by atoms with Crippen molar-refractivity contribution in [2.75, 3.05) is 19.6 Å². The van der Waals surface area contributed by atoms with Gasteiger partial charge in [-0.05, 0) is 50.6 Å². The second-order valence-corrected chi connectivity index (χ2v) is 4.41. The Kier molecular flexibility index (Phi) is 3.03. The van der Waals surface area contributed by atoms with Crippen molar-refractivity contribution in [1.82, 2.24) is 9.88 Å². The molecule has 1 unspecified atom stereocenters. The Morgan fingerprint density at radius 2 is 1.93 bits per heavy atom. The van der Waals surface area contributed by atoms with Gasteiger partial charge in [0.25, 0.3) is 0 Å². The normalized spacial score (nSPS) is 21.5. The first-order chi connectivity index (χ1) is 7.27. The zero-order chi connectivity index (χ0) is 10.7. The quantitative estimate of drug-likeness (QED) is 0.810. The second-order valence-electron chi connectivity index (χ2n) is 4.41. The van der Waals surface area contributed by atoms with Crippen LogP contribution in [0.15, 0.2) is 24.5 Å². The predicted molar refractivity (Wildman–Crippen MR) is 61.5 cm³/mol. The zero-order valence-corrected chi connectivity index (χ0v) is 9.32. The van der Waals surface area contributed by atoms with Crippen molar-refractivity contribution in [1.29, 1.82) is 0 Å². The van der Waals surface area contributed by atoms with E-state index in [1.165, 1.54) is 18.4 Å². The van der Waals surface area contributed by atoms with Gasteiger partial charge in [-0.15, -0.1) is 0 Å². The Bertz CT molecular complexity index is 306. The van der Waals surface area contributed by atoms with Crippen molar-refractivity contribution >= 4 is 0 Å². The molecule has 1 aliphatic heterocycles. The average Bonchev–Trinajstić information content (AvgIpc) is 2.83. The van der Waals surface area contributed by atoms with Crippen LogP contribution in [0.4, 0.5) is 0 Å². The highest BCUT2D eigenvalue weighted by molar-refractivity contribution is 5.22. The van der Waals surface area contributed by atoms with Crippen molar-refractivity contribution < 1.29 is 0 Å². The van der Waals surface area contributed by atoms with E-state index in [0.29, 0.717) is 6.54 Å². The van der Waals surface area contributed by atoms with E-state index in [1.807, 2.05) is 12.4 Å². The number of pyridine rings is 1. The molecule has 1 aromatic heterocycles. The highest BCUT2D eigenvalue weighted by atomic mass is 15.2. The first-order valence-electron chi connectivity index (χ1n) is 5.63. The summed E-state index contributed by atoms with van der Waals surface area (Å²) in [5, 5.41) is 0. The molecule has 1 fully saturated rings. The number of hydrogen-bond acceptors (Lipinski definition) is 3. The van der Waals surface area contributed by atoms with E-state index in [9.17, 15) is 0 Å². The molecule has 0 saturated carbocycles. The van der Waals surface area contributed by atoms with Crippen LogP contribution in [0.25, 0.3) is 0 Å². The minimum atomic E-state index is -0.0144. The molecule has 0 amide bonds. The minimum Gasteiger partial charge on any atom is -0.328 e. The van der Waals surface area contributed by atoms with Crippen molar-refractivity contribution in [2.24, 2.45) is 5.73 Å². The van der Waals surface area contributed by atoms with Gasteiger partial charge in [0.1, 0.15) is 0 Å². The topological polar surface area (TPSA) is 42.1 Å². The lowest BCUT2D eigenvalue weighted by Gasteiger charge is -2.38. The van der Waals surface area contributed by atoms with Gasteiger partial charge in [0.05, 0.1) is 5.54 Å². The maximum atomic E-state index is 5.96.